The zero-order valence-electron chi connectivity index (χ0n) is 12.2. The Morgan fingerprint density at radius 1 is 0.692 bits per heavy atom. The maximum atomic E-state index is 10.9. The van der Waals surface area contributed by atoms with Gasteiger partial charge in [0.1, 0.15) is 0 Å². The van der Waals surface area contributed by atoms with Crippen LogP contribution in [0.15, 0.2) is 48.5 Å². The average Bonchev–Trinajstić information content (AvgIpc) is 2.44. The van der Waals surface area contributed by atoms with Gasteiger partial charge in [-0.1, -0.05) is 24.3 Å². The van der Waals surface area contributed by atoms with E-state index in [1.54, 1.807) is 36.4 Å². The van der Waals surface area contributed by atoms with E-state index in [2.05, 4.69) is 0 Å². The molecule has 0 heterocycles. The third kappa shape index (κ3) is 9.56. The Hall–Kier alpha value is -1.89. The van der Waals surface area contributed by atoms with Crippen LogP contribution in [0.1, 0.15) is 0 Å². The summed E-state index contributed by atoms with van der Waals surface area (Å²) in [6.45, 7) is 0. The van der Waals surface area contributed by atoms with Crippen molar-refractivity contribution in [2.24, 2.45) is 0 Å². The Morgan fingerprint density at radius 2 is 0.962 bits per heavy atom. The van der Waals surface area contributed by atoms with Crippen LogP contribution < -0.4 is 21.2 Å². The van der Waals surface area contributed by atoms with E-state index in [0.717, 1.165) is 0 Å². The SMILES string of the molecule is F[As-](F)(F)(F)(F)F.O=[N+]([O-])c1ccccc1[I+]c1ccccc1[N+](=O)[O-]. The molecule has 0 spiro atoms. The monoisotopic (exact) mass is 560 g/mol. The van der Waals surface area contributed by atoms with Crippen LogP contribution in [-0.4, -0.2) is 24.0 Å². The largest absolute Gasteiger partial charge is 0.373 e. The topological polar surface area (TPSA) is 86.3 Å². The Kier molecular flexibility index (Phi) is 5.98. The summed E-state index contributed by atoms with van der Waals surface area (Å²) < 4.78 is 60.6. The number of nitro benzene ring substituents is 2. The molecule has 0 fully saturated rings. The van der Waals surface area contributed by atoms with Crippen molar-refractivity contribution in [1.82, 2.24) is 0 Å². The van der Waals surface area contributed by atoms with Crippen molar-refractivity contribution in [3.05, 3.63) is 75.9 Å². The van der Waals surface area contributed by atoms with Gasteiger partial charge in [0.15, 0.2) is 0 Å². The van der Waals surface area contributed by atoms with E-state index in [1.807, 2.05) is 0 Å². The molecule has 2 rings (SSSR count). The van der Waals surface area contributed by atoms with Gasteiger partial charge < -0.3 is 0 Å². The van der Waals surface area contributed by atoms with Crippen molar-refractivity contribution >= 4 is 25.5 Å². The molecule has 0 unspecified atom stereocenters. The Labute approximate surface area is 153 Å². The van der Waals surface area contributed by atoms with E-state index in [9.17, 15) is 41.0 Å². The third-order valence-corrected chi connectivity index (χ3v) is 5.29. The number of benzene rings is 2. The molecule has 2 aromatic rings. The molecule has 0 saturated heterocycles. The van der Waals surface area contributed by atoms with Crippen LogP contribution in [0.4, 0.5) is 32.2 Å². The molecule has 0 N–H and O–H groups in total. The Bertz CT molecular complexity index is 780. The minimum atomic E-state index is -11.1. The van der Waals surface area contributed by atoms with Crippen LogP contribution in [0.25, 0.3) is 0 Å². The van der Waals surface area contributed by atoms with Gasteiger partial charge in [-0.2, -0.15) is 0 Å². The van der Waals surface area contributed by atoms with Crippen LogP contribution in [0.3, 0.4) is 0 Å². The molecule has 14 heteroatoms. The van der Waals surface area contributed by atoms with Gasteiger partial charge in [0, 0.05) is 12.1 Å². The number of halogens is 7. The quantitative estimate of drug-likeness (QED) is 0.188. The van der Waals surface area contributed by atoms with Gasteiger partial charge in [0.25, 0.3) is 7.14 Å². The maximum Gasteiger partial charge on any atom is 0.373 e. The number of nitro groups is 2. The van der Waals surface area contributed by atoms with E-state index < -0.39 is 45.2 Å². The van der Waals surface area contributed by atoms with E-state index in [1.165, 1.54) is 12.1 Å². The second kappa shape index (κ2) is 7.02. The second-order valence-electron chi connectivity index (χ2n) is 4.47. The molecule has 2 aromatic carbocycles. The zero-order chi connectivity index (χ0) is 20.2. The van der Waals surface area contributed by atoms with Crippen LogP contribution >= 0.6 is 0 Å². The molecule has 6 nitrogen and oxygen atoms in total. The van der Waals surface area contributed by atoms with Crippen LogP contribution in [0.5, 0.6) is 0 Å². The molecule has 0 saturated carbocycles. The predicted molar refractivity (Wildman–Crippen MR) is 76.0 cm³/mol. The number of rotatable bonds is 4. The summed E-state index contributed by atoms with van der Waals surface area (Å²) in [6.07, 6.45) is 0. The summed E-state index contributed by atoms with van der Waals surface area (Å²) in [5.41, 5.74) is 0.0434. The molecule has 0 aliphatic heterocycles. The van der Waals surface area contributed by atoms with E-state index in [-0.39, 0.29) is 11.4 Å². The summed E-state index contributed by atoms with van der Waals surface area (Å²) in [7, 11) is 0. The third-order valence-electron chi connectivity index (χ3n) is 2.30. The summed E-state index contributed by atoms with van der Waals surface area (Å²) in [6, 6.07) is 12.7. The molecule has 0 aliphatic rings. The zero-order valence-corrected chi connectivity index (χ0v) is 16.3. The first-order chi connectivity index (χ1) is 11.5. The summed E-state index contributed by atoms with van der Waals surface area (Å²) >= 11 is -12.0. The molecule has 144 valence electrons. The Morgan fingerprint density at radius 3 is 1.23 bits per heavy atom. The Balaban J connectivity index is 0.000000412. The van der Waals surface area contributed by atoms with Gasteiger partial charge in [0.05, 0.1) is 9.85 Å². The van der Waals surface area contributed by atoms with Crippen molar-refractivity contribution < 1.29 is 51.9 Å². The molecular weight excluding hydrogens is 552 g/mol. The van der Waals surface area contributed by atoms with Crippen LogP contribution in [0, 0.1) is 27.4 Å². The predicted octanol–water partition coefficient (Wildman–Crippen LogP) is 1.77. The molecule has 0 atom stereocenters. The molecular formula is C12H8AsF6IN2O4. The van der Waals surface area contributed by atoms with Crippen LogP contribution in [-0.2, 0) is 0 Å². The van der Waals surface area contributed by atoms with Gasteiger partial charge in [-0.25, -0.2) is 0 Å². The molecule has 0 aliphatic carbocycles. The minimum absolute atomic E-state index is 0.0217. The first-order valence-corrected chi connectivity index (χ1v) is 12.6. The normalized spacial score (nSPS) is 13.6. The molecule has 0 amide bonds. The molecule has 0 aromatic heterocycles. The molecule has 0 bridgehead atoms. The van der Waals surface area contributed by atoms with Crippen molar-refractivity contribution in [2.45, 2.75) is 0 Å². The smallest absolute Gasteiger partial charge is 0.258 e. The van der Waals surface area contributed by atoms with E-state index >= 15 is 0 Å². The first-order valence-electron chi connectivity index (χ1n) is 6.22. The maximum absolute atomic E-state index is 11.1. The van der Waals surface area contributed by atoms with Crippen molar-refractivity contribution in [1.29, 1.82) is 0 Å². The van der Waals surface area contributed by atoms with Crippen LogP contribution in [0.2, 0.25) is 0 Å². The van der Waals surface area contributed by atoms with Crippen molar-refractivity contribution in [3.63, 3.8) is 0 Å². The second-order valence-corrected chi connectivity index (χ2v) is 11.4. The van der Waals surface area contributed by atoms with Crippen molar-refractivity contribution in [3.8, 4) is 0 Å². The number of para-hydroxylation sites is 2. The van der Waals surface area contributed by atoms with Gasteiger partial charge in [-0.05, 0) is 12.1 Å². The summed E-state index contributed by atoms with van der Waals surface area (Å²) in [5, 5.41) is 21.8. The van der Waals surface area contributed by atoms with E-state index in [0.29, 0.717) is 7.14 Å². The minimum Gasteiger partial charge on any atom is -0.258 e. The van der Waals surface area contributed by atoms with Gasteiger partial charge >= 0.3 is 67.6 Å². The summed E-state index contributed by atoms with van der Waals surface area (Å²) in [5.74, 6) is 0. The number of hydrogen-bond acceptors (Lipinski definition) is 4. The molecule has 0 radical (unpaired) electrons. The fourth-order valence-electron chi connectivity index (χ4n) is 1.47. The number of hydrogen-bond donors (Lipinski definition) is 0. The fourth-order valence-corrected chi connectivity index (χ4v) is 4.18. The van der Waals surface area contributed by atoms with Gasteiger partial charge in [-0.15, -0.1) is 0 Å². The fraction of sp³-hybridized carbons (Fsp3) is 0. The van der Waals surface area contributed by atoms with E-state index in [4.69, 9.17) is 0 Å². The van der Waals surface area contributed by atoms with Crippen molar-refractivity contribution in [2.75, 3.05) is 0 Å². The van der Waals surface area contributed by atoms with Gasteiger partial charge in [-0.3, -0.25) is 20.2 Å². The molecule has 26 heavy (non-hydrogen) atoms. The number of nitrogens with zero attached hydrogens (tertiary/aromatic N) is 2. The van der Waals surface area contributed by atoms with Gasteiger partial charge in [0.2, 0.25) is 0 Å². The standard InChI is InChI=1S/C12H8IN2O4.AsF6/c16-14(17)11-7-3-1-5-9(11)13-10-6-2-4-8-12(10)15(18)19;2-1(3,4,5,6)7/h1-8H;/q+1;-1. The average molecular weight is 560 g/mol. The summed E-state index contributed by atoms with van der Waals surface area (Å²) in [4.78, 5) is 20.9. The first kappa shape index (κ1) is 22.1.